The molecule has 0 unspecified atom stereocenters. The minimum atomic E-state index is -0.494. The van der Waals surface area contributed by atoms with Crippen molar-refractivity contribution in [1.82, 2.24) is 20.4 Å². The second kappa shape index (κ2) is 11.5. The fourth-order valence-electron chi connectivity index (χ4n) is 2.51. The minimum Gasteiger partial charge on any atom is -0.450 e. The lowest BCUT2D eigenvalue weighted by Gasteiger charge is -2.35. The van der Waals surface area contributed by atoms with Crippen LogP contribution in [0.3, 0.4) is 0 Å². The van der Waals surface area contributed by atoms with Crippen LogP contribution in [0.2, 0.25) is 0 Å². The second-order valence-electron chi connectivity index (χ2n) is 7.19. The average Bonchev–Trinajstić information content (AvgIpc) is 2.59. The van der Waals surface area contributed by atoms with Gasteiger partial charge >= 0.3 is 12.2 Å². The van der Waals surface area contributed by atoms with E-state index in [2.05, 4.69) is 20.5 Å². The van der Waals surface area contributed by atoms with Crippen molar-refractivity contribution >= 4 is 18.1 Å². The topological polar surface area (TPSA) is 95.5 Å². The van der Waals surface area contributed by atoms with Crippen molar-refractivity contribution in [3.8, 4) is 0 Å². The van der Waals surface area contributed by atoms with Crippen LogP contribution in [-0.4, -0.2) is 86.0 Å². The van der Waals surface area contributed by atoms with Crippen LogP contribution in [-0.2, 0) is 9.47 Å². The number of rotatable bonds is 6. The summed E-state index contributed by atoms with van der Waals surface area (Å²) in [4.78, 5) is 31.9. The summed E-state index contributed by atoms with van der Waals surface area (Å²) in [6.07, 6.45) is 0.0532. The van der Waals surface area contributed by atoms with Gasteiger partial charge in [0, 0.05) is 45.8 Å². The van der Waals surface area contributed by atoms with Crippen molar-refractivity contribution in [2.75, 3.05) is 52.4 Å². The van der Waals surface area contributed by atoms with Gasteiger partial charge in [-0.15, -0.1) is 0 Å². The zero-order chi connectivity index (χ0) is 20.3. The van der Waals surface area contributed by atoms with E-state index in [1.54, 1.807) is 4.90 Å². The predicted octanol–water partition coefficient (Wildman–Crippen LogP) is 1.64. The number of amides is 2. The summed E-state index contributed by atoms with van der Waals surface area (Å²) >= 11 is 0. The number of ether oxygens (including phenoxy) is 2. The van der Waals surface area contributed by atoms with E-state index in [0.29, 0.717) is 45.9 Å². The molecular weight excluding hydrogens is 350 g/mol. The molecule has 0 spiro atoms. The number of guanidine groups is 1. The van der Waals surface area contributed by atoms with E-state index in [1.807, 2.05) is 34.6 Å². The Kier molecular flexibility index (Phi) is 9.74. The number of carbonyl (C=O) groups excluding carboxylic acids is 2. The molecule has 156 valence electrons. The molecule has 1 fully saturated rings. The van der Waals surface area contributed by atoms with Gasteiger partial charge in [0.15, 0.2) is 5.96 Å². The SMILES string of the molecule is CCNC(=NCCCNC(=O)OC(C)(C)C)N1CCN(C(=O)OCC)CC1. The Morgan fingerprint density at radius 1 is 1.04 bits per heavy atom. The van der Waals surface area contributed by atoms with E-state index >= 15 is 0 Å². The van der Waals surface area contributed by atoms with Gasteiger partial charge in [0.05, 0.1) is 6.61 Å². The second-order valence-corrected chi connectivity index (χ2v) is 7.19. The van der Waals surface area contributed by atoms with Crippen LogP contribution < -0.4 is 10.6 Å². The summed E-state index contributed by atoms with van der Waals surface area (Å²) in [5, 5.41) is 6.01. The maximum absolute atomic E-state index is 11.8. The van der Waals surface area contributed by atoms with Gasteiger partial charge in [-0.2, -0.15) is 0 Å². The van der Waals surface area contributed by atoms with E-state index in [-0.39, 0.29) is 6.09 Å². The van der Waals surface area contributed by atoms with Crippen molar-refractivity contribution in [1.29, 1.82) is 0 Å². The van der Waals surface area contributed by atoms with Gasteiger partial charge in [-0.1, -0.05) is 0 Å². The highest BCUT2D eigenvalue weighted by atomic mass is 16.6. The molecule has 1 heterocycles. The third-order valence-electron chi connectivity index (χ3n) is 3.70. The van der Waals surface area contributed by atoms with Crippen molar-refractivity contribution in [2.24, 2.45) is 4.99 Å². The molecule has 0 aromatic carbocycles. The highest BCUT2D eigenvalue weighted by molar-refractivity contribution is 5.80. The van der Waals surface area contributed by atoms with Crippen LogP contribution in [0.15, 0.2) is 4.99 Å². The van der Waals surface area contributed by atoms with Crippen LogP contribution in [0.5, 0.6) is 0 Å². The highest BCUT2D eigenvalue weighted by Gasteiger charge is 2.23. The molecule has 2 amide bonds. The molecule has 9 nitrogen and oxygen atoms in total. The van der Waals surface area contributed by atoms with Gasteiger partial charge in [0.2, 0.25) is 0 Å². The van der Waals surface area contributed by atoms with Gasteiger partial charge in [0.25, 0.3) is 0 Å². The number of hydrogen-bond acceptors (Lipinski definition) is 5. The molecule has 0 aliphatic carbocycles. The number of hydrogen-bond donors (Lipinski definition) is 2. The normalized spacial score (nSPS) is 15.4. The summed E-state index contributed by atoms with van der Waals surface area (Å²) in [5.74, 6) is 0.832. The minimum absolute atomic E-state index is 0.257. The molecule has 0 aromatic heterocycles. The van der Waals surface area contributed by atoms with Crippen molar-refractivity contribution < 1.29 is 19.1 Å². The largest absolute Gasteiger partial charge is 0.450 e. The predicted molar refractivity (Wildman–Crippen MR) is 105 cm³/mol. The number of aliphatic imine (C=N–C) groups is 1. The number of piperazine rings is 1. The van der Waals surface area contributed by atoms with Crippen molar-refractivity contribution in [3.63, 3.8) is 0 Å². The molecule has 1 saturated heterocycles. The zero-order valence-corrected chi connectivity index (χ0v) is 17.3. The number of alkyl carbamates (subject to hydrolysis) is 1. The van der Waals surface area contributed by atoms with Crippen LogP contribution in [0.25, 0.3) is 0 Å². The van der Waals surface area contributed by atoms with E-state index in [9.17, 15) is 9.59 Å². The Morgan fingerprint density at radius 2 is 1.67 bits per heavy atom. The first-order valence-corrected chi connectivity index (χ1v) is 9.68. The van der Waals surface area contributed by atoms with Gasteiger partial charge in [-0.25, -0.2) is 9.59 Å². The third kappa shape index (κ3) is 9.35. The first-order chi connectivity index (χ1) is 12.8. The highest BCUT2D eigenvalue weighted by Crippen LogP contribution is 2.06. The standard InChI is InChI=1S/C18H35N5O4/c1-6-19-15(20-9-8-10-21-16(24)27-18(3,4)5)22-11-13-23(14-12-22)17(25)26-7-2/h6-14H2,1-5H3,(H,19,20)(H,21,24). The quantitative estimate of drug-likeness (QED) is 0.410. The maximum atomic E-state index is 11.8. The van der Waals surface area contributed by atoms with Gasteiger partial charge in [0.1, 0.15) is 5.60 Å². The van der Waals surface area contributed by atoms with Crippen LogP contribution >= 0.6 is 0 Å². The summed E-state index contributed by atoms with van der Waals surface area (Å²) in [6.45, 7) is 14.2. The number of nitrogens with zero attached hydrogens (tertiary/aromatic N) is 3. The van der Waals surface area contributed by atoms with Crippen LogP contribution in [0.1, 0.15) is 41.0 Å². The first kappa shape index (κ1) is 22.9. The molecule has 0 radical (unpaired) electrons. The van der Waals surface area contributed by atoms with E-state index in [0.717, 1.165) is 18.9 Å². The molecule has 1 aliphatic heterocycles. The van der Waals surface area contributed by atoms with Crippen LogP contribution in [0.4, 0.5) is 9.59 Å². The van der Waals surface area contributed by atoms with E-state index in [4.69, 9.17) is 9.47 Å². The summed E-state index contributed by atoms with van der Waals surface area (Å²) < 4.78 is 10.2. The lowest BCUT2D eigenvalue weighted by Crippen LogP contribution is -2.54. The zero-order valence-electron chi connectivity index (χ0n) is 17.3. The van der Waals surface area contributed by atoms with Gasteiger partial charge in [-0.3, -0.25) is 4.99 Å². The van der Waals surface area contributed by atoms with E-state index < -0.39 is 11.7 Å². The molecular formula is C18H35N5O4. The molecule has 1 rings (SSSR count). The number of nitrogens with one attached hydrogen (secondary N) is 2. The molecule has 9 heteroatoms. The molecule has 2 N–H and O–H groups in total. The summed E-state index contributed by atoms with van der Waals surface area (Å²) in [6, 6.07) is 0. The molecule has 0 bridgehead atoms. The number of carbonyl (C=O) groups is 2. The maximum Gasteiger partial charge on any atom is 0.409 e. The Morgan fingerprint density at radius 3 is 2.22 bits per heavy atom. The van der Waals surface area contributed by atoms with Crippen LogP contribution in [0, 0.1) is 0 Å². The molecule has 27 heavy (non-hydrogen) atoms. The fourth-order valence-corrected chi connectivity index (χ4v) is 2.51. The Hall–Kier alpha value is -2.19. The molecule has 0 atom stereocenters. The first-order valence-electron chi connectivity index (χ1n) is 9.68. The smallest absolute Gasteiger partial charge is 0.409 e. The lowest BCUT2D eigenvalue weighted by atomic mass is 10.2. The fraction of sp³-hybridized carbons (Fsp3) is 0.833. The lowest BCUT2D eigenvalue weighted by molar-refractivity contribution is 0.0527. The Labute approximate surface area is 162 Å². The third-order valence-corrected chi connectivity index (χ3v) is 3.70. The Balaban J connectivity index is 2.38. The Bertz CT molecular complexity index is 496. The summed E-state index contributed by atoms with van der Waals surface area (Å²) in [5.41, 5.74) is -0.494. The molecule has 1 aliphatic rings. The monoisotopic (exact) mass is 385 g/mol. The average molecular weight is 386 g/mol. The molecule has 0 aromatic rings. The summed E-state index contributed by atoms with van der Waals surface area (Å²) in [7, 11) is 0. The van der Waals surface area contributed by atoms with Gasteiger partial charge in [-0.05, 0) is 41.0 Å². The van der Waals surface area contributed by atoms with Crippen molar-refractivity contribution in [2.45, 2.75) is 46.6 Å². The van der Waals surface area contributed by atoms with Gasteiger partial charge < -0.3 is 29.9 Å². The van der Waals surface area contributed by atoms with Crippen molar-refractivity contribution in [3.05, 3.63) is 0 Å². The van der Waals surface area contributed by atoms with E-state index in [1.165, 1.54) is 0 Å². The molecule has 0 saturated carbocycles.